The molecule has 6 nitrogen and oxygen atoms in total. The number of para-hydroxylation sites is 1. The number of likely N-dealkylation sites (tertiary alicyclic amines) is 1. The van der Waals surface area contributed by atoms with Crippen LogP contribution in [0, 0.1) is 0 Å². The molecule has 1 unspecified atom stereocenters. The van der Waals surface area contributed by atoms with E-state index in [-0.39, 0.29) is 5.69 Å². The zero-order valence-corrected chi connectivity index (χ0v) is 14.8. The lowest BCUT2D eigenvalue weighted by atomic mass is 9.97. The first-order chi connectivity index (χ1) is 12.2. The number of hydrogen-bond donors (Lipinski definition) is 0. The van der Waals surface area contributed by atoms with Crippen LogP contribution in [0.4, 0.5) is 0 Å². The Labute approximate surface area is 146 Å². The fraction of sp³-hybridized carbons (Fsp3) is 0.474. The summed E-state index contributed by atoms with van der Waals surface area (Å²) in [5.41, 5.74) is 0.919. The molecule has 1 saturated heterocycles. The standard InChI is InChI=1S/C19H24N4O2/c1-3-23-18(20-21(2)19(23)24)15-8-6-10-22(12-15)13-16-11-14-7-4-5-9-17(14)25-16/h4-5,7,9,11,15H,3,6,8,10,12-13H2,1-2H3. The van der Waals surface area contributed by atoms with Gasteiger partial charge < -0.3 is 4.42 Å². The Morgan fingerprint density at radius 3 is 2.96 bits per heavy atom. The Balaban J connectivity index is 1.53. The average Bonchev–Trinajstić information content (AvgIpc) is 3.15. The lowest BCUT2D eigenvalue weighted by molar-refractivity contribution is 0.183. The summed E-state index contributed by atoms with van der Waals surface area (Å²) in [4.78, 5) is 14.6. The number of aryl methyl sites for hydroxylation is 1. The first kappa shape index (κ1) is 16.1. The zero-order chi connectivity index (χ0) is 17.4. The van der Waals surface area contributed by atoms with Crippen LogP contribution in [-0.4, -0.2) is 32.3 Å². The van der Waals surface area contributed by atoms with Gasteiger partial charge in [0, 0.05) is 31.4 Å². The van der Waals surface area contributed by atoms with E-state index in [9.17, 15) is 4.79 Å². The summed E-state index contributed by atoms with van der Waals surface area (Å²) in [7, 11) is 1.73. The third-order valence-electron chi connectivity index (χ3n) is 5.08. The van der Waals surface area contributed by atoms with Crippen molar-refractivity contribution in [1.29, 1.82) is 0 Å². The first-order valence-corrected chi connectivity index (χ1v) is 8.99. The molecule has 25 heavy (non-hydrogen) atoms. The second kappa shape index (κ2) is 6.52. The minimum atomic E-state index is -0.0214. The molecule has 1 atom stereocenters. The molecule has 6 heteroatoms. The van der Waals surface area contributed by atoms with Gasteiger partial charge in [0.1, 0.15) is 17.2 Å². The van der Waals surface area contributed by atoms with Crippen molar-refractivity contribution >= 4 is 11.0 Å². The molecule has 132 valence electrons. The summed E-state index contributed by atoms with van der Waals surface area (Å²) in [5.74, 6) is 2.21. The number of nitrogens with zero attached hydrogens (tertiary/aromatic N) is 4. The molecule has 1 fully saturated rings. The van der Waals surface area contributed by atoms with Crippen molar-refractivity contribution in [3.05, 3.63) is 52.4 Å². The number of piperidine rings is 1. The predicted octanol–water partition coefficient (Wildman–Crippen LogP) is 2.73. The fourth-order valence-corrected chi connectivity index (χ4v) is 3.87. The summed E-state index contributed by atoms with van der Waals surface area (Å²) in [5, 5.41) is 5.65. The van der Waals surface area contributed by atoms with Crippen LogP contribution in [0.15, 0.2) is 39.5 Å². The van der Waals surface area contributed by atoms with E-state index in [0.29, 0.717) is 12.5 Å². The highest BCUT2D eigenvalue weighted by Gasteiger charge is 2.27. The lowest BCUT2D eigenvalue weighted by Gasteiger charge is -2.31. The maximum absolute atomic E-state index is 12.2. The van der Waals surface area contributed by atoms with Gasteiger partial charge in [0.15, 0.2) is 0 Å². The Bertz CT molecular complexity index is 903. The maximum atomic E-state index is 12.2. The molecule has 0 saturated carbocycles. The fourth-order valence-electron chi connectivity index (χ4n) is 3.87. The SMILES string of the molecule is CCn1c(C2CCCN(Cc3cc4ccccc4o3)C2)nn(C)c1=O. The summed E-state index contributed by atoms with van der Waals surface area (Å²) >= 11 is 0. The van der Waals surface area contributed by atoms with Crippen LogP contribution >= 0.6 is 0 Å². The van der Waals surface area contributed by atoms with Crippen LogP contribution < -0.4 is 5.69 Å². The van der Waals surface area contributed by atoms with Gasteiger partial charge in [-0.2, -0.15) is 5.10 Å². The number of fused-ring (bicyclic) bond motifs is 1. The Kier molecular flexibility index (Phi) is 4.21. The smallest absolute Gasteiger partial charge is 0.345 e. The maximum Gasteiger partial charge on any atom is 0.345 e. The molecule has 4 rings (SSSR count). The number of benzene rings is 1. The molecule has 0 N–H and O–H groups in total. The summed E-state index contributed by atoms with van der Waals surface area (Å²) < 4.78 is 9.22. The Morgan fingerprint density at radius 1 is 1.32 bits per heavy atom. The minimum Gasteiger partial charge on any atom is -0.460 e. The van der Waals surface area contributed by atoms with Crippen LogP contribution in [0.5, 0.6) is 0 Å². The van der Waals surface area contributed by atoms with E-state index < -0.39 is 0 Å². The second-order valence-corrected chi connectivity index (χ2v) is 6.83. The van der Waals surface area contributed by atoms with Crippen LogP contribution in [0.3, 0.4) is 0 Å². The molecule has 0 radical (unpaired) electrons. The van der Waals surface area contributed by atoms with Gasteiger partial charge in [-0.15, -0.1) is 0 Å². The van der Waals surface area contributed by atoms with Crippen molar-refractivity contribution in [3.8, 4) is 0 Å². The second-order valence-electron chi connectivity index (χ2n) is 6.83. The Morgan fingerprint density at radius 2 is 2.16 bits per heavy atom. The van der Waals surface area contributed by atoms with Crippen molar-refractivity contribution < 1.29 is 4.42 Å². The molecule has 1 aliphatic rings. The van der Waals surface area contributed by atoms with E-state index in [0.717, 1.165) is 55.0 Å². The monoisotopic (exact) mass is 340 g/mol. The van der Waals surface area contributed by atoms with E-state index in [2.05, 4.69) is 22.1 Å². The van der Waals surface area contributed by atoms with Gasteiger partial charge in [0.05, 0.1) is 6.54 Å². The molecular weight excluding hydrogens is 316 g/mol. The van der Waals surface area contributed by atoms with Crippen LogP contribution in [-0.2, 0) is 20.1 Å². The molecule has 3 aromatic rings. The largest absolute Gasteiger partial charge is 0.460 e. The van der Waals surface area contributed by atoms with Crippen molar-refractivity contribution in [2.45, 2.75) is 38.8 Å². The molecule has 2 aromatic heterocycles. The number of aromatic nitrogens is 3. The quantitative estimate of drug-likeness (QED) is 0.733. The van der Waals surface area contributed by atoms with Gasteiger partial charge in [0.25, 0.3) is 0 Å². The topological polar surface area (TPSA) is 56.2 Å². The van der Waals surface area contributed by atoms with Gasteiger partial charge in [-0.1, -0.05) is 18.2 Å². The molecule has 0 aliphatic carbocycles. The number of hydrogen-bond acceptors (Lipinski definition) is 4. The highest BCUT2D eigenvalue weighted by molar-refractivity contribution is 5.77. The van der Waals surface area contributed by atoms with E-state index in [4.69, 9.17) is 4.42 Å². The van der Waals surface area contributed by atoms with Gasteiger partial charge in [-0.3, -0.25) is 9.47 Å². The molecule has 0 bridgehead atoms. The molecule has 3 heterocycles. The van der Waals surface area contributed by atoms with Crippen molar-refractivity contribution in [3.63, 3.8) is 0 Å². The summed E-state index contributed by atoms with van der Waals surface area (Å²) in [6.07, 6.45) is 2.19. The zero-order valence-electron chi connectivity index (χ0n) is 14.8. The molecule has 0 spiro atoms. The average molecular weight is 340 g/mol. The predicted molar refractivity (Wildman–Crippen MR) is 96.6 cm³/mol. The molecular formula is C19H24N4O2. The van der Waals surface area contributed by atoms with Gasteiger partial charge in [-0.25, -0.2) is 9.48 Å². The van der Waals surface area contributed by atoms with Gasteiger partial charge in [-0.05, 0) is 38.4 Å². The van der Waals surface area contributed by atoms with Crippen LogP contribution in [0.1, 0.15) is 37.3 Å². The van der Waals surface area contributed by atoms with E-state index in [1.54, 1.807) is 11.6 Å². The third kappa shape index (κ3) is 3.02. The third-order valence-corrected chi connectivity index (χ3v) is 5.08. The first-order valence-electron chi connectivity index (χ1n) is 8.99. The highest BCUT2D eigenvalue weighted by atomic mass is 16.3. The molecule has 1 aliphatic heterocycles. The Hall–Kier alpha value is -2.34. The van der Waals surface area contributed by atoms with E-state index in [1.165, 1.54) is 4.68 Å². The van der Waals surface area contributed by atoms with Gasteiger partial charge >= 0.3 is 5.69 Å². The van der Waals surface area contributed by atoms with Crippen molar-refractivity contribution in [2.24, 2.45) is 7.05 Å². The molecule has 1 aromatic carbocycles. The summed E-state index contributed by atoms with van der Waals surface area (Å²) in [6, 6.07) is 10.2. The highest BCUT2D eigenvalue weighted by Crippen LogP contribution is 2.27. The van der Waals surface area contributed by atoms with Crippen LogP contribution in [0.2, 0.25) is 0 Å². The van der Waals surface area contributed by atoms with Crippen molar-refractivity contribution in [1.82, 2.24) is 19.2 Å². The normalized spacial score (nSPS) is 18.9. The van der Waals surface area contributed by atoms with Gasteiger partial charge in [0.2, 0.25) is 0 Å². The van der Waals surface area contributed by atoms with Crippen LogP contribution in [0.25, 0.3) is 11.0 Å². The molecule has 0 amide bonds. The van der Waals surface area contributed by atoms with E-state index >= 15 is 0 Å². The van der Waals surface area contributed by atoms with Crippen molar-refractivity contribution in [2.75, 3.05) is 13.1 Å². The number of rotatable bonds is 4. The number of furan rings is 1. The minimum absolute atomic E-state index is 0.0214. The van der Waals surface area contributed by atoms with E-state index in [1.807, 2.05) is 25.1 Å². The lowest BCUT2D eigenvalue weighted by Crippen LogP contribution is -2.35. The summed E-state index contributed by atoms with van der Waals surface area (Å²) in [6.45, 7) is 5.43.